The molecule has 1 atom stereocenters. The minimum absolute atomic E-state index is 0.261. The maximum absolute atomic E-state index is 9.18. The van der Waals surface area contributed by atoms with Crippen LogP contribution >= 0.6 is 11.6 Å². The molecule has 2 rings (SSSR count). The molecule has 1 aromatic carbocycles. The summed E-state index contributed by atoms with van der Waals surface area (Å²) in [6.07, 6.45) is 0. The molecule has 1 aliphatic heterocycles. The Morgan fingerprint density at radius 2 is 1.75 bits per heavy atom. The molecule has 20 heavy (non-hydrogen) atoms. The van der Waals surface area contributed by atoms with Crippen LogP contribution in [0.1, 0.15) is 46.1 Å². The molecule has 0 saturated carbocycles. The molecule has 5 heteroatoms. The van der Waals surface area contributed by atoms with Gasteiger partial charge in [-0.25, -0.2) is 0 Å². The predicted octanol–water partition coefficient (Wildman–Crippen LogP) is 3.27. The SMILES string of the molecule is CC(C#N)c1cc(Cl)ccc1B1OC(C)(C)C(C)(C)O1. The molecule has 3 nitrogen and oxygen atoms in total. The van der Waals surface area contributed by atoms with Crippen LogP contribution in [0.4, 0.5) is 0 Å². The van der Waals surface area contributed by atoms with Crippen LogP contribution in [0.15, 0.2) is 18.2 Å². The van der Waals surface area contributed by atoms with Gasteiger partial charge in [0.15, 0.2) is 0 Å². The molecule has 1 fully saturated rings. The molecule has 0 bridgehead atoms. The number of nitrogens with zero attached hydrogens (tertiary/aromatic N) is 1. The van der Waals surface area contributed by atoms with Crippen LogP contribution in [-0.4, -0.2) is 18.3 Å². The number of hydrogen-bond donors (Lipinski definition) is 0. The van der Waals surface area contributed by atoms with Gasteiger partial charge in [-0.05, 0) is 57.8 Å². The van der Waals surface area contributed by atoms with Gasteiger partial charge in [0.05, 0.1) is 23.2 Å². The Labute approximate surface area is 126 Å². The minimum Gasteiger partial charge on any atom is -0.399 e. The second-order valence-corrected chi connectivity index (χ2v) is 6.65. The second-order valence-electron chi connectivity index (χ2n) is 6.21. The molecule has 0 spiro atoms. The van der Waals surface area contributed by atoms with Gasteiger partial charge in [-0.2, -0.15) is 5.26 Å². The van der Waals surface area contributed by atoms with Crippen LogP contribution in [0.2, 0.25) is 5.02 Å². The van der Waals surface area contributed by atoms with Crippen LogP contribution in [0.25, 0.3) is 0 Å². The molecule has 0 N–H and O–H groups in total. The van der Waals surface area contributed by atoms with Crippen LogP contribution in [0, 0.1) is 11.3 Å². The number of hydrogen-bond acceptors (Lipinski definition) is 3. The Hall–Kier alpha value is -1.02. The summed E-state index contributed by atoms with van der Waals surface area (Å²) in [5.41, 5.74) is 0.940. The van der Waals surface area contributed by atoms with E-state index in [1.807, 2.05) is 46.8 Å². The first-order valence-electron chi connectivity index (χ1n) is 6.72. The van der Waals surface area contributed by atoms with Gasteiger partial charge < -0.3 is 9.31 Å². The van der Waals surface area contributed by atoms with E-state index in [1.165, 1.54) is 0 Å². The largest absolute Gasteiger partial charge is 0.495 e. The zero-order chi connectivity index (χ0) is 15.1. The highest BCUT2D eigenvalue weighted by molar-refractivity contribution is 6.62. The number of benzene rings is 1. The van der Waals surface area contributed by atoms with Crippen molar-refractivity contribution in [2.45, 2.75) is 51.7 Å². The van der Waals surface area contributed by atoms with Crippen molar-refractivity contribution in [1.82, 2.24) is 0 Å². The van der Waals surface area contributed by atoms with Gasteiger partial charge in [0.2, 0.25) is 0 Å². The molecule has 1 unspecified atom stereocenters. The van der Waals surface area contributed by atoms with E-state index in [2.05, 4.69) is 6.07 Å². The molecule has 1 aliphatic rings. The predicted molar refractivity (Wildman–Crippen MR) is 81.2 cm³/mol. The number of rotatable bonds is 2. The van der Waals surface area contributed by atoms with Crippen LogP contribution in [0.3, 0.4) is 0 Å². The monoisotopic (exact) mass is 291 g/mol. The highest BCUT2D eigenvalue weighted by Gasteiger charge is 2.52. The van der Waals surface area contributed by atoms with E-state index in [4.69, 9.17) is 20.9 Å². The van der Waals surface area contributed by atoms with Crippen molar-refractivity contribution in [3.05, 3.63) is 28.8 Å². The number of nitriles is 1. The van der Waals surface area contributed by atoms with Crippen molar-refractivity contribution in [3.63, 3.8) is 0 Å². The van der Waals surface area contributed by atoms with E-state index in [9.17, 15) is 5.26 Å². The molecule has 106 valence electrons. The van der Waals surface area contributed by atoms with E-state index in [1.54, 1.807) is 6.07 Å². The maximum Gasteiger partial charge on any atom is 0.495 e. The van der Waals surface area contributed by atoms with Crippen molar-refractivity contribution in [1.29, 1.82) is 5.26 Å². The highest BCUT2D eigenvalue weighted by atomic mass is 35.5. The van der Waals surface area contributed by atoms with Gasteiger partial charge in [-0.1, -0.05) is 17.7 Å². The quantitative estimate of drug-likeness (QED) is 0.785. The average Bonchev–Trinajstić information content (AvgIpc) is 2.57. The fourth-order valence-corrected chi connectivity index (χ4v) is 2.36. The molecule has 1 aromatic rings. The normalized spacial score (nSPS) is 21.6. The summed E-state index contributed by atoms with van der Waals surface area (Å²) in [5.74, 6) is -0.261. The first kappa shape index (κ1) is 15.4. The molecule has 1 saturated heterocycles. The summed E-state index contributed by atoms with van der Waals surface area (Å²) in [5, 5.41) is 9.79. The van der Waals surface area contributed by atoms with Crippen LogP contribution in [0.5, 0.6) is 0 Å². The topological polar surface area (TPSA) is 42.2 Å². The standard InChI is InChI=1S/C15H19BClNO2/c1-10(9-18)12-8-11(17)6-7-13(12)16-19-14(2,3)15(4,5)20-16/h6-8,10H,1-5H3. The summed E-state index contributed by atoms with van der Waals surface area (Å²) in [6.45, 7) is 9.89. The van der Waals surface area contributed by atoms with E-state index in [-0.39, 0.29) is 5.92 Å². The summed E-state index contributed by atoms with van der Waals surface area (Å²) in [6, 6.07) is 7.74. The fraction of sp³-hybridized carbons (Fsp3) is 0.533. The smallest absolute Gasteiger partial charge is 0.399 e. The summed E-state index contributed by atoms with van der Waals surface area (Å²) in [4.78, 5) is 0. The zero-order valence-electron chi connectivity index (χ0n) is 12.5. The van der Waals surface area contributed by atoms with E-state index < -0.39 is 18.3 Å². The Kier molecular flexibility index (Phi) is 3.90. The fourth-order valence-electron chi connectivity index (χ4n) is 2.17. The Morgan fingerprint density at radius 1 is 1.20 bits per heavy atom. The van der Waals surface area contributed by atoms with Gasteiger partial charge in [0.25, 0.3) is 0 Å². The highest BCUT2D eigenvalue weighted by Crippen LogP contribution is 2.37. The molecular weight excluding hydrogens is 272 g/mol. The average molecular weight is 292 g/mol. The summed E-state index contributed by atoms with van der Waals surface area (Å²) in [7, 11) is -0.469. The molecule has 0 aromatic heterocycles. The summed E-state index contributed by atoms with van der Waals surface area (Å²) >= 11 is 6.05. The van der Waals surface area contributed by atoms with Gasteiger partial charge >= 0.3 is 7.12 Å². The van der Waals surface area contributed by atoms with E-state index in [0.29, 0.717) is 5.02 Å². The van der Waals surface area contributed by atoms with E-state index in [0.717, 1.165) is 11.0 Å². The molecular formula is C15H19BClNO2. The third kappa shape index (κ3) is 2.58. The third-order valence-electron chi connectivity index (χ3n) is 4.22. The van der Waals surface area contributed by atoms with Crippen molar-refractivity contribution < 1.29 is 9.31 Å². The van der Waals surface area contributed by atoms with Crippen molar-refractivity contribution in [2.75, 3.05) is 0 Å². The Bertz CT molecular complexity index is 549. The lowest BCUT2D eigenvalue weighted by Crippen LogP contribution is -2.41. The maximum atomic E-state index is 9.18. The van der Waals surface area contributed by atoms with Gasteiger partial charge in [-0.3, -0.25) is 0 Å². The number of halogens is 1. The van der Waals surface area contributed by atoms with Crippen molar-refractivity contribution >= 4 is 24.2 Å². The second kappa shape index (κ2) is 5.07. The Morgan fingerprint density at radius 3 is 2.25 bits per heavy atom. The first-order valence-corrected chi connectivity index (χ1v) is 7.10. The van der Waals surface area contributed by atoms with Crippen molar-refractivity contribution in [2.24, 2.45) is 0 Å². The molecule has 0 amide bonds. The molecule has 1 heterocycles. The first-order chi connectivity index (χ1) is 9.18. The van der Waals surface area contributed by atoms with Crippen LogP contribution < -0.4 is 5.46 Å². The van der Waals surface area contributed by atoms with Crippen LogP contribution in [-0.2, 0) is 9.31 Å². The summed E-state index contributed by atoms with van der Waals surface area (Å²) < 4.78 is 12.1. The van der Waals surface area contributed by atoms with Crippen molar-refractivity contribution in [3.8, 4) is 6.07 Å². The minimum atomic E-state index is -0.469. The molecule has 0 aliphatic carbocycles. The van der Waals surface area contributed by atoms with Gasteiger partial charge in [-0.15, -0.1) is 0 Å². The lowest BCUT2D eigenvalue weighted by Gasteiger charge is -2.32. The van der Waals surface area contributed by atoms with E-state index >= 15 is 0 Å². The third-order valence-corrected chi connectivity index (χ3v) is 4.45. The lowest BCUT2D eigenvalue weighted by atomic mass is 9.73. The zero-order valence-corrected chi connectivity index (χ0v) is 13.3. The lowest BCUT2D eigenvalue weighted by molar-refractivity contribution is 0.00578. The van der Waals surface area contributed by atoms with Gasteiger partial charge in [0.1, 0.15) is 0 Å². The molecule has 0 radical (unpaired) electrons. The van der Waals surface area contributed by atoms with Gasteiger partial charge in [0, 0.05) is 5.02 Å². The Balaban J connectivity index is 2.43.